The summed E-state index contributed by atoms with van der Waals surface area (Å²) in [7, 11) is 0. The van der Waals surface area contributed by atoms with Crippen LogP contribution >= 0.6 is 11.6 Å². The van der Waals surface area contributed by atoms with Gasteiger partial charge in [0.2, 0.25) is 0 Å². The topological polar surface area (TPSA) is 93.3 Å². The van der Waals surface area contributed by atoms with Gasteiger partial charge in [-0.15, -0.1) is 0 Å². The van der Waals surface area contributed by atoms with Gasteiger partial charge in [-0.3, -0.25) is 10.1 Å². The van der Waals surface area contributed by atoms with Crippen LogP contribution in [0.2, 0.25) is 5.02 Å². The van der Waals surface area contributed by atoms with Crippen molar-refractivity contribution in [1.29, 1.82) is 0 Å². The third kappa shape index (κ3) is 1.90. The fourth-order valence-corrected chi connectivity index (χ4v) is 1.65. The van der Waals surface area contributed by atoms with E-state index in [1.165, 1.54) is 24.3 Å². The van der Waals surface area contributed by atoms with Gasteiger partial charge in [-0.25, -0.2) is 9.78 Å². The number of hydrogen-bond donors (Lipinski definition) is 1. The highest BCUT2D eigenvalue weighted by Gasteiger charge is 2.17. The number of aromatic nitrogens is 1. The Balaban J connectivity index is 2.85. The third-order valence-corrected chi connectivity index (χ3v) is 2.53. The number of nitro benzene ring substituents is 1. The molecule has 0 amide bonds. The molecular weight excluding hydrogens is 248 g/mol. The Labute approximate surface area is 99.6 Å². The molecule has 0 unspecified atom stereocenters. The number of carbonyl (C=O) groups is 1. The summed E-state index contributed by atoms with van der Waals surface area (Å²) in [5, 5.41) is 20.2. The average molecular weight is 253 g/mol. The zero-order chi connectivity index (χ0) is 12.6. The van der Waals surface area contributed by atoms with Crippen LogP contribution in [0, 0.1) is 10.1 Å². The SMILES string of the molecule is O=C(O)c1ccc2c(Cl)ccc([N+](=O)[O-])c2n1. The number of hydrogen-bond acceptors (Lipinski definition) is 4. The van der Waals surface area contributed by atoms with Crippen molar-refractivity contribution in [3.63, 3.8) is 0 Å². The van der Waals surface area contributed by atoms with Crippen LogP contribution in [0.1, 0.15) is 10.5 Å². The molecule has 2 rings (SSSR count). The quantitative estimate of drug-likeness (QED) is 0.655. The minimum atomic E-state index is -1.25. The predicted molar refractivity (Wildman–Crippen MR) is 60.4 cm³/mol. The van der Waals surface area contributed by atoms with Crippen LogP contribution in [0.4, 0.5) is 5.69 Å². The molecule has 0 fully saturated rings. The molecule has 6 nitrogen and oxygen atoms in total. The molecule has 17 heavy (non-hydrogen) atoms. The standard InChI is InChI=1S/C10H5ClN2O4/c11-6-2-4-8(13(16)17)9-5(6)1-3-7(12-9)10(14)15/h1-4H,(H,14,15). The fraction of sp³-hybridized carbons (Fsp3) is 0. The van der Waals surface area contributed by atoms with Gasteiger partial charge in [-0.2, -0.15) is 0 Å². The number of aromatic carboxylic acids is 1. The van der Waals surface area contributed by atoms with Gasteiger partial charge in [0, 0.05) is 11.5 Å². The van der Waals surface area contributed by atoms with Crippen molar-refractivity contribution in [2.75, 3.05) is 0 Å². The zero-order valence-corrected chi connectivity index (χ0v) is 9.01. The molecule has 1 N–H and O–H groups in total. The number of nitrogens with zero attached hydrogens (tertiary/aromatic N) is 2. The maximum absolute atomic E-state index is 10.8. The lowest BCUT2D eigenvalue weighted by Crippen LogP contribution is -2.01. The molecule has 0 saturated heterocycles. The fourth-order valence-electron chi connectivity index (χ4n) is 1.43. The Morgan fingerprint density at radius 2 is 2.06 bits per heavy atom. The molecular formula is C10H5ClN2O4. The van der Waals surface area contributed by atoms with Crippen molar-refractivity contribution in [2.24, 2.45) is 0 Å². The van der Waals surface area contributed by atoms with Gasteiger partial charge in [0.15, 0.2) is 5.52 Å². The Morgan fingerprint density at radius 3 is 2.65 bits per heavy atom. The largest absolute Gasteiger partial charge is 0.477 e. The summed E-state index contributed by atoms with van der Waals surface area (Å²) in [6.07, 6.45) is 0. The molecule has 0 spiro atoms. The highest BCUT2D eigenvalue weighted by molar-refractivity contribution is 6.35. The summed E-state index contributed by atoms with van der Waals surface area (Å²) in [5.74, 6) is -1.25. The van der Waals surface area contributed by atoms with E-state index >= 15 is 0 Å². The second-order valence-corrected chi connectivity index (χ2v) is 3.63. The summed E-state index contributed by atoms with van der Waals surface area (Å²) in [6.45, 7) is 0. The minimum Gasteiger partial charge on any atom is -0.477 e. The number of pyridine rings is 1. The molecule has 0 aliphatic carbocycles. The van der Waals surface area contributed by atoms with E-state index in [9.17, 15) is 14.9 Å². The molecule has 1 aromatic heterocycles. The van der Waals surface area contributed by atoms with Crippen molar-refractivity contribution < 1.29 is 14.8 Å². The van der Waals surface area contributed by atoms with E-state index in [0.717, 1.165) is 0 Å². The minimum absolute atomic E-state index is 0.0256. The Kier molecular flexibility index (Phi) is 2.64. The molecule has 2 aromatic rings. The monoisotopic (exact) mass is 252 g/mol. The Bertz CT molecular complexity index is 641. The Morgan fingerprint density at radius 1 is 1.35 bits per heavy atom. The summed E-state index contributed by atoms with van der Waals surface area (Å²) in [4.78, 5) is 24.6. The van der Waals surface area contributed by atoms with Crippen LogP contribution in [0.5, 0.6) is 0 Å². The molecule has 0 aliphatic rings. The van der Waals surface area contributed by atoms with E-state index in [0.29, 0.717) is 5.39 Å². The first kappa shape index (κ1) is 11.3. The van der Waals surface area contributed by atoms with Crippen LogP contribution in [0.15, 0.2) is 24.3 Å². The number of fused-ring (bicyclic) bond motifs is 1. The zero-order valence-electron chi connectivity index (χ0n) is 8.25. The molecule has 1 heterocycles. The van der Waals surface area contributed by atoms with Gasteiger partial charge in [0.1, 0.15) is 5.69 Å². The summed E-state index contributed by atoms with van der Waals surface area (Å²) >= 11 is 5.86. The number of benzene rings is 1. The summed E-state index contributed by atoms with van der Waals surface area (Å²) in [5.41, 5.74) is -0.558. The van der Waals surface area contributed by atoms with Crippen molar-refractivity contribution in [3.05, 3.63) is 45.1 Å². The first-order valence-electron chi connectivity index (χ1n) is 4.47. The Hall–Kier alpha value is -2.21. The number of nitro groups is 1. The number of carboxylic acid groups (broad SMARTS) is 1. The number of carboxylic acids is 1. The highest BCUT2D eigenvalue weighted by Crippen LogP contribution is 2.29. The maximum atomic E-state index is 10.8. The highest BCUT2D eigenvalue weighted by atomic mass is 35.5. The molecule has 0 bridgehead atoms. The van der Waals surface area contributed by atoms with Gasteiger partial charge >= 0.3 is 5.97 Å². The maximum Gasteiger partial charge on any atom is 0.354 e. The van der Waals surface area contributed by atoms with Crippen molar-refractivity contribution in [1.82, 2.24) is 4.98 Å². The van der Waals surface area contributed by atoms with Crippen LogP contribution in [0.25, 0.3) is 10.9 Å². The van der Waals surface area contributed by atoms with Gasteiger partial charge in [0.05, 0.1) is 9.95 Å². The summed E-state index contributed by atoms with van der Waals surface area (Å²) < 4.78 is 0. The van der Waals surface area contributed by atoms with Gasteiger partial charge < -0.3 is 5.11 Å². The molecule has 86 valence electrons. The first-order chi connectivity index (χ1) is 8.00. The van der Waals surface area contributed by atoms with Gasteiger partial charge in [0.25, 0.3) is 5.69 Å². The van der Waals surface area contributed by atoms with E-state index < -0.39 is 10.9 Å². The molecule has 0 atom stereocenters. The van der Waals surface area contributed by atoms with E-state index in [-0.39, 0.29) is 21.9 Å². The van der Waals surface area contributed by atoms with Gasteiger partial charge in [-0.05, 0) is 18.2 Å². The molecule has 0 radical (unpaired) electrons. The number of non-ortho nitro benzene ring substituents is 1. The van der Waals surface area contributed by atoms with Crippen molar-refractivity contribution in [3.8, 4) is 0 Å². The van der Waals surface area contributed by atoms with E-state index in [2.05, 4.69) is 4.98 Å². The number of rotatable bonds is 2. The average Bonchev–Trinajstić information content (AvgIpc) is 2.28. The molecule has 0 saturated carbocycles. The first-order valence-corrected chi connectivity index (χ1v) is 4.85. The third-order valence-electron chi connectivity index (χ3n) is 2.20. The summed E-state index contributed by atoms with van der Waals surface area (Å²) in [6, 6.07) is 5.23. The second-order valence-electron chi connectivity index (χ2n) is 3.22. The number of halogens is 1. The molecule has 7 heteroatoms. The van der Waals surface area contributed by atoms with E-state index in [1.54, 1.807) is 0 Å². The van der Waals surface area contributed by atoms with Crippen molar-refractivity contribution >= 4 is 34.2 Å². The van der Waals surface area contributed by atoms with Crippen LogP contribution in [0.3, 0.4) is 0 Å². The second kappa shape index (κ2) is 3.99. The lowest BCUT2D eigenvalue weighted by Gasteiger charge is -2.02. The predicted octanol–water partition coefficient (Wildman–Crippen LogP) is 2.49. The lowest BCUT2D eigenvalue weighted by atomic mass is 10.1. The van der Waals surface area contributed by atoms with E-state index in [1.807, 2.05) is 0 Å². The van der Waals surface area contributed by atoms with Crippen molar-refractivity contribution in [2.45, 2.75) is 0 Å². The lowest BCUT2D eigenvalue weighted by molar-refractivity contribution is -0.383. The van der Waals surface area contributed by atoms with Crippen LogP contribution in [-0.4, -0.2) is 21.0 Å². The molecule has 0 aliphatic heterocycles. The van der Waals surface area contributed by atoms with Gasteiger partial charge in [-0.1, -0.05) is 11.6 Å². The smallest absolute Gasteiger partial charge is 0.354 e. The van der Waals surface area contributed by atoms with Crippen LogP contribution in [-0.2, 0) is 0 Å². The normalized spacial score (nSPS) is 10.4. The molecule has 1 aromatic carbocycles. The van der Waals surface area contributed by atoms with E-state index in [4.69, 9.17) is 16.7 Å². The van der Waals surface area contributed by atoms with Crippen LogP contribution < -0.4 is 0 Å².